The summed E-state index contributed by atoms with van der Waals surface area (Å²) >= 11 is 0. The second-order valence-electron chi connectivity index (χ2n) is 6.39. The minimum atomic E-state index is -4.50. The van der Waals surface area contributed by atoms with Crippen molar-refractivity contribution in [1.82, 2.24) is 9.88 Å². The lowest BCUT2D eigenvalue weighted by Gasteiger charge is -2.36. The minimum absolute atomic E-state index is 0.140. The van der Waals surface area contributed by atoms with Crippen LogP contribution in [0.15, 0.2) is 42.5 Å². The molecule has 0 radical (unpaired) electrons. The third-order valence-electron chi connectivity index (χ3n) is 4.50. The molecule has 2 aromatic rings. The standard InChI is InChI=1S/C20H24F4N2/c1-4-13-26(14(3)5-2)19(15-9-11-16(21)12-10-15)17-7-6-8-18(25-17)20(22,23)24/h6-12,14,19H,4-5,13H2,1-3H3/t14-,19?/m0/s1. The summed E-state index contributed by atoms with van der Waals surface area (Å²) < 4.78 is 52.8. The maximum atomic E-state index is 13.4. The zero-order chi connectivity index (χ0) is 19.3. The van der Waals surface area contributed by atoms with Gasteiger partial charge >= 0.3 is 6.18 Å². The Labute approximate surface area is 151 Å². The molecule has 0 bridgehead atoms. The van der Waals surface area contributed by atoms with Gasteiger partial charge in [-0.15, -0.1) is 0 Å². The predicted octanol–water partition coefficient (Wildman–Crippen LogP) is 5.84. The summed E-state index contributed by atoms with van der Waals surface area (Å²) in [5.41, 5.74) is 0.134. The first-order valence-corrected chi connectivity index (χ1v) is 8.83. The topological polar surface area (TPSA) is 16.1 Å². The van der Waals surface area contributed by atoms with Crippen LogP contribution in [0.1, 0.15) is 56.6 Å². The smallest absolute Gasteiger partial charge is 0.288 e. The van der Waals surface area contributed by atoms with Crippen LogP contribution < -0.4 is 0 Å². The van der Waals surface area contributed by atoms with Crippen molar-refractivity contribution in [2.24, 2.45) is 0 Å². The summed E-state index contributed by atoms with van der Waals surface area (Å²) in [5.74, 6) is -0.380. The quantitative estimate of drug-likeness (QED) is 0.571. The van der Waals surface area contributed by atoms with Crippen LogP contribution in [0.2, 0.25) is 0 Å². The molecule has 1 heterocycles. The molecule has 1 aromatic heterocycles. The van der Waals surface area contributed by atoms with Gasteiger partial charge in [-0.2, -0.15) is 13.2 Å². The minimum Gasteiger partial charge on any atom is -0.288 e. The fourth-order valence-corrected chi connectivity index (χ4v) is 3.04. The van der Waals surface area contributed by atoms with E-state index in [0.717, 1.165) is 24.5 Å². The highest BCUT2D eigenvalue weighted by atomic mass is 19.4. The van der Waals surface area contributed by atoms with E-state index in [0.29, 0.717) is 12.2 Å². The van der Waals surface area contributed by atoms with Gasteiger partial charge < -0.3 is 0 Å². The first-order valence-electron chi connectivity index (χ1n) is 8.83. The number of pyridine rings is 1. The number of alkyl halides is 3. The van der Waals surface area contributed by atoms with Crippen LogP contribution in [-0.2, 0) is 6.18 Å². The highest BCUT2D eigenvalue weighted by Gasteiger charge is 2.34. The number of hydrogen-bond acceptors (Lipinski definition) is 2. The Kier molecular flexibility index (Phi) is 6.75. The monoisotopic (exact) mass is 368 g/mol. The van der Waals surface area contributed by atoms with E-state index in [1.165, 1.54) is 18.2 Å². The third kappa shape index (κ3) is 4.81. The molecule has 2 nitrogen and oxygen atoms in total. The van der Waals surface area contributed by atoms with E-state index < -0.39 is 17.9 Å². The molecule has 0 aliphatic rings. The van der Waals surface area contributed by atoms with Crippen molar-refractivity contribution in [3.8, 4) is 0 Å². The molecule has 0 saturated heterocycles. The van der Waals surface area contributed by atoms with Crippen LogP contribution >= 0.6 is 0 Å². The number of rotatable bonds is 7. The van der Waals surface area contributed by atoms with Gasteiger partial charge in [0.2, 0.25) is 0 Å². The van der Waals surface area contributed by atoms with E-state index >= 15 is 0 Å². The predicted molar refractivity (Wildman–Crippen MR) is 94.2 cm³/mol. The SMILES string of the molecule is CCCN(C(c1ccc(F)cc1)c1cccc(C(F)(F)F)n1)[C@@H](C)CC. The van der Waals surface area contributed by atoms with Gasteiger partial charge in [-0.3, -0.25) is 4.90 Å². The largest absolute Gasteiger partial charge is 0.433 e. The highest BCUT2D eigenvalue weighted by molar-refractivity contribution is 5.30. The second-order valence-corrected chi connectivity index (χ2v) is 6.39. The molecule has 2 rings (SSSR count). The molecule has 0 amide bonds. The van der Waals surface area contributed by atoms with Crippen molar-refractivity contribution >= 4 is 0 Å². The number of aromatic nitrogens is 1. The number of hydrogen-bond donors (Lipinski definition) is 0. The van der Waals surface area contributed by atoms with E-state index in [-0.39, 0.29) is 11.9 Å². The van der Waals surface area contributed by atoms with Crippen molar-refractivity contribution in [2.75, 3.05) is 6.54 Å². The zero-order valence-electron chi connectivity index (χ0n) is 15.2. The Balaban J connectivity index is 2.58. The van der Waals surface area contributed by atoms with Crippen LogP contribution in [0.4, 0.5) is 17.6 Å². The number of halogens is 4. The second kappa shape index (κ2) is 8.62. The average molecular weight is 368 g/mol. The van der Waals surface area contributed by atoms with Gasteiger partial charge in [0, 0.05) is 6.04 Å². The maximum absolute atomic E-state index is 13.4. The average Bonchev–Trinajstić information content (AvgIpc) is 2.61. The molecule has 0 aliphatic carbocycles. The molecule has 1 aromatic carbocycles. The van der Waals surface area contributed by atoms with E-state index in [9.17, 15) is 17.6 Å². The molecule has 0 aliphatic heterocycles. The van der Waals surface area contributed by atoms with Gasteiger partial charge in [0.15, 0.2) is 0 Å². The summed E-state index contributed by atoms with van der Waals surface area (Å²) in [7, 11) is 0. The van der Waals surface area contributed by atoms with Gasteiger partial charge in [-0.25, -0.2) is 9.37 Å². The lowest BCUT2D eigenvalue weighted by Crippen LogP contribution is -2.38. The van der Waals surface area contributed by atoms with Crippen LogP contribution in [-0.4, -0.2) is 22.5 Å². The normalized spacial score (nSPS) is 14.5. The number of benzene rings is 1. The van der Waals surface area contributed by atoms with E-state index in [2.05, 4.69) is 9.88 Å². The summed E-state index contributed by atoms with van der Waals surface area (Å²) in [4.78, 5) is 6.04. The molecule has 1 unspecified atom stereocenters. The van der Waals surface area contributed by atoms with E-state index in [4.69, 9.17) is 0 Å². The van der Waals surface area contributed by atoms with Gasteiger partial charge in [0.1, 0.15) is 11.5 Å². The Hall–Kier alpha value is -1.95. The van der Waals surface area contributed by atoms with E-state index in [1.807, 2.05) is 20.8 Å². The summed E-state index contributed by atoms with van der Waals surface area (Å²) in [5, 5.41) is 0. The van der Waals surface area contributed by atoms with Crippen molar-refractivity contribution < 1.29 is 17.6 Å². The molecule has 0 fully saturated rings. The van der Waals surface area contributed by atoms with E-state index in [1.54, 1.807) is 18.2 Å². The zero-order valence-corrected chi connectivity index (χ0v) is 15.2. The molecule has 2 atom stereocenters. The fourth-order valence-electron chi connectivity index (χ4n) is 3.04. The molecule has 0 spiro atoms. The lowest BCUT2D eigenvalue weighted by molar-refractivity contribution is -0.141. The molecular formula is C20H24F4N2. The molecule has 142 valence electrons. The number of nitrogens with zero attached hydrogens (tertiary/aromatic N) is 2. The summed E-state index contributed by atoms with van der Waals surface area (Å²) in [6.07, 6.45) is -2.81. The Morgan fingerprint density at radius 2 is 1.69 bits per heavy atom. The third-order valence-corrected chi connectivity index (χ3v) is 4.50. The van der Waals surface area contributed by atoms with Gasteiger partial charge in [0.25, 0.3) is 0 Å². The van der Waals surface area contributed by atoms with Crippen LogP contribution in [0, 0.1) is 5.82 Å². The summed E-state index contributed by atoms with van der Waals surface area (Å²) in [6, 6.07) is 9.53. The molecule has 6 heteroatoms. The van der Waals surface area contributed by atoms with Crippen molar-refractivity contribution in [3.63, 3.8) is 0 Å². The van der Waals surface area contributed by atoms with Crippen LogP contribution in [0.25, 0.3) is 0 Å². The first kappa shape index (κ1) is 20.4. The van der Waals surface area contributed by atoms with Gasteiger partial charge in [-0.05, 0) is 56.1 Å². The van der Waals surface area contributed by atoms with Crippen LogP contribution in [0.5, 0.6) is 0 Å². The Bertz CT molecular complexity index is 698. The van der Waals surface area contributed by atoms with Gasteiger partial charge in [0.05, 0.1) is 11.7 Å². The molecular weight excluding hydrogens is 344 g/mol. The molecule has 26 heavy (non-hydrogen) atoms. The van der Waals surface area contributed by atoms with Crippen LogP contribution in [0.3, 0.4) is 0 Å². The lowest BCUT2D eigenvalue weighted by atomic mass is 9.98. The van der Waals surface area contributed by atoms with Gasteiger partial charge in [-0.1, -0.05) is 32.0 Å². The Morgan fingerprint density at radius 1 is 1.04 bits per heavy atom. The highest BCUT2D eigenvalue weighted by Crippen LogP contribution is 2.33. The molecule has 0 N–H and O–H groups in total. The maximum Gasteiger partial charge on any atom is 0.433 e. The fraction of sp³-hybridized carbons (Fsp3) is 0.450. The first-order chi connectivity index (χ1) is 12.3. The van der Waals surface area contributed by atoms with Crippen molar-refractivity contribution in [2.45, 2.75) is 51.9 Å². The van der Waals surface area contributed by atoms with Crippen molar-refractivity contribution in [1.29, 1.82) is 0 Å². The summed E-state index contributed by atoms with van der Waals surface area (Å²) in [6.45, 7) is 6.81. The Morgan fingerprint density at radius 3 is 2.23 bits per heavy atom. The molecule has 0 saturated carbocycles. The van der Waals surface area contributed by atoms with Crippen molar-refractivity contribution in [3.05, 3.63) is 65.2 Å².